The minimum Gasteiger partial charge on any atom is -0.508 e. The lowest BCUT2D eigenvalue weighted by molar-refractivity contribution is 0.0839. The molecule has 0 saturated heterocycles. The number of hydrogen-bond donors (Lipinski definition) is 1. The predicted octanol–water partition coefficient (Wildman–Crippen LogP) is 3.34. The molecule has 1 amide bonds. The number of phenolic OH excluding ortho intramolecular Hbond substituents is 1. The van der Waals surface area contributed by atoms with Crippen LogP contribution in [0, 0.1) is 0 Å². The third-order valence-corrected chi connectivity index (χ3v) is 3.82. The van der Waals surface area contributed by atoms with Crippen LogP contribution in [0.15, 0.2) is 58.2 Å². The number of halogens is 1. The number of carbonyl (C=O) groups is 1. The van der Waals surface area contributed by atoms with E-state index in [1.165, 1.54) is 23.3 Å². The maximum Gasteiger partial charge on any atom is 0.258 e. The average Bonchev–Trinajstić information content (AvgIpc) is 2.81. The molecule has 0 bridgehead atoms. The zero-order valence-electron chi connectivity index (χ0n) is 10.1. The Morgan fingerprint density at radius 1 is 1.21 bits per heavy atom. The summed E-state index contributed by atoms with van der Waals surface area (Å²) in [6.07, 6.45) is 6.91. The number of allylic oxidation sites excluding steroid dienone is 3. The van der Waals surface area contributed by atoms with Gasteiger partial charge in [0.25, 0.3) is 5.91 Å². The minimum absolute atomic E-state index is 0.0427. The van der Waals surface area contributed by atoms with E-state index in [2.05, 4.69) is 28.1 Å². The summed E-state index contributed by atoms with van der Waals surface area (Å²) in [5.74, 6) is 0.125. The van der Waals surface area contributed by atoms with Crippen molar-refractivity contribution in [3.63, 3.8) is 0 Å². The molecule has 3 nitrogen and oxygen atoms in total. The van der Waals surface area contributed by atoms with Crippen LogP contribution in [0.2, 0.25) is 0 Å². The smallest absolute Gasteiger partial charge is 0.258 e. The highest BCUT2D eigenvalue weighted by Crippen LogP contribution is 2.32. The van der Waals surface area contributed by atoms with Crippen molar-refractivity contribution in [3.05, 3.63) is 63.8 Å². The van der Waals surface area contributed by atoms with Gasteiger partial charge < -0.3 is 10.0 Å². The van der Waals surface area contributed by atoms with Gasteiger partial charge in [-0.25, -0.2) is 0 Å². The largest absolute Gasteiger partial charge is 0.508 e. The van der Waals surface area contributed by atoms with Gasteiger partial charge in [0.05, 0.1) is 6.54 Å². The third-order valence-electron chi connectivity index (χ3n) is 3.27. The monoisotopic (exact) mass is 317 g/mol. The first-order valence-electron chi connectivity index (χ1n) is 6.01. The van der Waals surface area contributed by atoms with E-state index in [4.69, 9.17) is 0 Å². The van der Waals surface area contributed by atoms with E-state index >= 15 is 0 Å². The Bertz CT molecular complexity index is 626. The first kappa shape index (κ1) is 12.2. The molecule has 1 aliphatic carbocycles. The third kappa shape index (κ3) is 2.36. The van der Waals surface area contributed by atoms with Crippen LogP contribution < -0.4 is 0 Å². The second-order valence-corrected chi connectivity index (χ2v) is 5.51. The van der Waals surface area contributed by atoms with E-state index in [1.54, 1.807) is 17.0 Å². The second-order valence-electron chi connectivity index (χ2n) is 4.60. The van der Waals surface area contributed by atoms with Crippen molar-refractivity contribution >= 4 is 21.8 Å². The van der Waals surface area contributed by atoms with Crippen molar-refractivity contribution in [2.45, 2.75) is 6.42 Å². The number of rotatable bonds is 1. The Balaban J connectivity index is 1.83. The van der Waals surface area contributed by atoms with Gasteiger partial charge in [-0.15, -0.1) is 0 Å². The Kier molecular flexibility index (Phi) is 3.03. The summed E-state index contributed by atoms with van der Waals surface area (Å²) in [7, 11) is 0. The van der Waals surface area contributed by atoms with Gasteiger partial charge in [0.2, 0.25) is 0 Å². The predicted molar refractivity (Wildman–Crippen MR) is 76.9 cm³/mol. The first-order chi connectivity index (χ1) is 9.13. The molecule has 1 heterocycles. The number of nitrogens with zero attached hydrogens (tertiary/aromatic N) is 1. The van der Waals surface area contributed by atoms with E-state index in [0.29, 0.717) is 12.1 Å². The van der Waals surface area contributed by atoms with Crippen LogP contribution >= 0.6 is 15.9 Å². The molecule has 0 spiro atoms. The zero-order chi connectivity index (χ0) is 13.4. The van der Waals surface area contributed by atoms with Crippen LogP contribution in [0.4, 0.5) is 0 Å². The molecule has 4 heteroatoms. The summed E-state index contributed by atoms with van der Waals surface area (Å²) < 4.78 is 1.07. The van der Waals surface area contributed by atoms with Crippen LogP contribution in [-0.4, -0.2) is 22.5 Å². The fourth-order valence-corrected chi connectivity index (χ4v) is 2.70. The topological polar surface area (TPSA) is 40.5 Å². The van der Waals surface area contributed by atoms with Crippen LogP contribution in [-0.2, 0) is 0 Å². The van der Waals surface area contributed by atoms with E-state index in [-0.39, 0.29) is 11.7 Å². The van der Waals surface area contributed by atoms with Gasteiger partial charge in [-0.05, 0) is 47.9 Å². The summed E-state index contributed by atoms with van der Waals surface area (Å²) in [5.41, 5.74) is 2.96. The highest BCUT2D eigenvalue weighted by Gasteiger charge is 2.24. The minimum atomic E-state index is -0.0427. The summed E-state index contributed by atoms with van der Waals surface area (Å²) in [5, 5.41) is 9.24. The number of amides is 1. The molecule has 3 rings (SSSR count). The number of hydrogen-bond acceptors (Lipinski definition) is 2. The molecule has 1 N–H and O–H groups in total. The molecule has 0 radical (unpaired) electrons. The first-order valence-corrected chi connectivity index (χ1v) is 6.80. The van der Waals surface area contributed by atoms with Crippen molar-refractivity contribution in [3.8, 4) is 5.75 Å². The normalized spacial score (nSPS) is 17.5. The Morgan fingerprint density at radius 3 is 2.68 bits per heavy atom. The van der Waals surface area contributed by atoms with Gasteiger partial charge >= 0.3 is 0 Å². The molecule has 96 valence electrons. The Labute approximate surface area is 119 Å². The summed E-state index contributed by atoms with van der Waals surface area (Å²) in [6, 6.07) is 6.34. The van der Waals surface area contributed by atoms with Crippen LogP contribution in [0.1, 0.15) is 16.8 Å². The summed E-state index contributed by atoms with van der Waals surface area (Å²) in [4.78, 5) is 14.0. The molecule has 19 heavy (non-hydrogen) atoms. The quantitative estimate of drug-likeness (QED) is 0.863. The fraction of sp³-hybridized carbons (Fsp3) is 0.133. The van der Waals surface area contributed by atoms with E-state index < -0.39 is 0 Å². The lowest BCUT2D eigenvalue weighted by Gasteiger charge is -2.13. The van der Waals surface area contributed by atoms with E-state index in [0.717, 1.165) is 10.9 Å². The molecule has 1 aliphatic heterocycles. The maximum atomic E-state index is 12.3. The molecule has 0 fully saturated rings. The van der Waals surface area contributed by atoms with Crippen molar-refractivity contribution in [1.29, 1.82) is 0 Å². The number of phenols is 1. The maximum absolute atomic E-state index is 12.3. The molecular weight excluding hydrogens is 306 g/mol. The molecule has 0 saturated carbocycles. The van der Waals surface area contributed by atoms with Crippen molar-refractivity contribution in [2.75, 3.05) is 6.54 Å². The van der Waals surface area contributed by atoms with Crippen molar-refractivity contribution < 1.29 is 9.90 Å². The highest BCUT2D eigenvalue weighted by atomic mass is 79.9. The van der Waals surface area contributed by atoms with Crippen molar-refractivity contribution in [2.24, 2.45) is 0 Å². The molecule has 1 aromatic carbocycles. The molecule has 2 aliphatic rings. The second kappa shape index (κ2) is 4.70. The summed E-state index contributed by atoms with van der Waals surface area (Å²) >= 11 is 3.46. The Morgan fingerprint density at radius 2 is 1.95 bits per heavy atom. The fourth-order valence-electron chi connectivity index (χ4n) is 2.26. The van der Waals surface area contributed by atoms with Crippen LogP contribution in [0.25, 0.3) is 0 Å². The van der Waals surface area contributed by atoms with E-state index in [9.17, 15) is 9.90 Å². The highest BCUT2D eigenvalue weighted by molar-refractivity contribution is 9.11. The average molecular weight is 318 g/mol. The zero-order valence-corrected chi connectivity index (χ0v) is 11.7. The van der Waals surface area contributed by atoms with Crippen LogP contribution in [0.5, 0.6) is 5.75 Å². The van der Waals surface area contributed by atoms with Crippen molar-refractivity contribution in [1.82, 2.24) is 4.90 Å². The standard InChI is InChI=1S/C15H12BrNO2/c16-13-4-1-11-8-17(9-12(11)7-13)15(19)10-2-5-14(18)6-3-10/h2-8,18H,1,9H2. The number of carbonyl (C=O) groups excluding carboxylic acids is 1. The van der Waals surface area contributed by atoms with Gasteiger partial charge in [0.15, 0.2) is 0 Å². The van der Waals surface area contributed by atoms with E-state index in [1.807, 2.05) is 6.20 Å². The lowest BCUT2D eigenvalue weighted by atomic mass is 10.0. The van der Waals surface area contributed by atoms with Gasteiger partial charge in [-0.2, -0.15) is 0 Å². The number of fused-ring (bicyclic) bond motifs is 1. The number of benzene rings is 1. The molecule has 1 aromatic rings. The van der Waals surface area contributed by atoms with Gasteiger partial charge in [0.1, 0.15) is 5.75 Å². The Hall–Kier alpha value is -1.81. The SMILES string of the molecule is O=C(c1ccc(O)cc1)N1C=C2CC=C(Br)C=C2C1. The van der Waals surface area contributed by atoms with Gasteiger partial charge in [0, 0.05) is 16.2 Å². The molecule has 0 atom stereocenters. The van der Waals surface area contributed by atoms with Gasteiger partial charge in [-0.1, -0.05) is 22.0 Å². The van der Waals surface area contributed by atoms with Gasteiger partial charge in [-0.3, -0.25) is 4.79 Å². The number of aromatic hydroxyl groups is 1. The van der Waals surface area contributed by atoms with Crippen LogP contribution in [0.3, 0.4) is 0 Å². The molecular formula is C15H12BrNO2. The lowest BCUT2D eigenvalue weighted by Crippen LogP contribution is -2.24. The summed E-state index contributed by atoms with van der Waals surface area (Å²) in [6.45, 7) is 0.609. The molecule has 0 unspecified atom stereocenters. The molecule has 0 aromatic heterocycles.